The van der Waals surface area contributed by atoms with Gasteiger partial charge in [0.25, 0.3) is 10.0 Å². The Hall–Kier alpha value is -0.880. The molecule has 1 heterocycles. The minimum atomic E-state index is -3.39. The molecular weight excluding hydrogens is 238 g/mol. The van der Waals surface area contributed by atoms with E-state index in [4.69, 9.17) is 0 Å². The van der Waals surface area contributed by atoms with Crippen LogP contribution >= 0.6 is 0 Å². The Morgan fingerprint density at radius 3 is 2.88 bits per heavy atom. The molecule has 0 saturated heterocycles. The number of H-pyrrole nitrogens is 1. The van der Waals surface area contributed by atoms with E-state index in [1.807, 2.05) is 0 Å². The molecule has 2 N–H and O–H groups in total. The quantitative estimate of drug-likeness (QED) is 0.846. The Balaban J connectivity index is 1.61. The molecule has 1 aromatic rings. The molecule has 0 aliphatic heterocycles. The van der Waals surface area contributed by atoms with Gasteiger partial charge in [-0.15, -0.1) is 0 Å². The lowest BCUT2D eigenvalue weighted by Gasteiger charge is -2.21. The molecule has 94 valence electrons. The number of hydrogen-bond acceptors (Lipinski definition) is 3. The Morgan fingerprint density at radius 2 is 2.29 bits per heavy atom. The number of nitrogens with zero attached hydrogens (tertiary/aromatic N) is 1. The normalized spacial score (nSPS) is 32.1. The average Bonchev–Trinajstić information content (AvgIpc) is 3.02. The summed E-state index contributed by atoms with van der Waals surface area (Å²) in [4.78, 5) is 6.36. The largest absolute Gasteiger partial charge is 0.335 e. The maximum atomic E-state index is 11.9. The monoisotopic (exact) mass is 255 g/mol. The van der Waals surface area contributed by atoms with Gasteiger partial charge >= 0.3 is 0 Å². The fourth-order valence-corrected chi connectivity index (χ4v) is 4.31. The first-order valence-corrected chi connectivity index (χ1v) is 7.61. The predicted molar refractivity (Wildman–Crippen MR) is 62.7 cm³/mol. The average molecular weight is 255 g/mol. The van der Waals surface area contributed by atoms with Crippen LogP contribution in [0.4, 0.5) is 0 Å². The third kappa shape index (κ3) is 2.11. The molecule has 3 atom stereocenters. The molecule has 0 amide bonds. The van der Waals surface area contributed by atoms with Gasteiger partial charge < -0.3 is 4.98 Å². The number of aromatic amines is 1. The first kappa shape index (κ1) is 11.2. The highest BCUT2D eigenvalue weighted by Gasteiger charge is 2.39. The van der Waals surface area contributed by atoms with Crippen molar-refractivity contribution in [3.8, 4) is 0 Å². The van der Waals surface area contributed by atoms with E-state index in [1.54, 1.807) is 0 Å². The van der Waals surface area contributed by atoms with Crippen molar-refractivity contribution in [2.45, 2.75) is 30.7 Å². The van der Waals surface area contributed by atoms with Crippen molar-refractivity contribution in [1.29, 1.82) is 0 Å². The maximum absolute atomic E-state index is 11.9. The summed E-state index contributed by atoms with van der Waals surface area (Å²) in [6, 6.07) is 0. The molecule has 2 aliphatic rings. The molecule has 1 aromatic heterocycles. The number of nitrogens with one attached hydrogen (secondary N) is 2. The fraction of sp³-hybridized carbons (Fsp3) is 0.727. The van der Waals surface area contributed by atoms with E-state index in [0.29, 0.717) is 12.5 Å². The van der Waals surface area contributed by atoms with Crippen LogP contribution in [-0.2, 0) is 10.0 Å². The van der Waals surface area contributed by atoms with Crippen molar-refractivity contribution < 1.29 is 8.42 Å². The SMILES string of the molecule is O=S(=O)(NCC1CC2CCC1C2)c1cnc[nH]1. The molecule has 5 nitrogen and oxygen atoms in total. The zero-order valence-electron chi connectivity index (χ0n) is 9.59. The van der Waals surface area contributed by atoms with Crippen LogP contribution in [0.2, 0.25) is 0 Å². The standard InChI is InChI=1S/C11H17N3O2S/c15-17(16,11-6-12-7-13-11)14-5-10-4-8-1-2-9(10)3-8/h6-10,14H,1-5H2,(H,12,13). The van der Waals surface area contributed by atoms with Crippen LogP contribution < -0.4 is 4.72 Å². The molecule has 17 heavy (non-hydrogen) atoms. The fourth-order valence-electron chi connectivity index (χ4n) is 3.31. The van der Waals surface area contributed by atoms with E-state index < -0.39 is 10.0 Å². The molecule has 2 bridgehead atoms. The van der Waals surface area contributed by atoms with Gasteiger partial charge in [0.1, 0.15) is 0 Å². The van der Waals surface area contributed by atoms with E-state index in [9.17, 15) is 8.42 Å². The van der Waals surface area contributed by atoms with Crippen molar-refractivity contribution in [2.24, 2.45) is 17.8 Å². The number of rotatable bonds is 4. The molecular formula is C11H17N3O2S. The molecule has 2 saturated carbocycles. The van der Waals surface area contributed by atoms with E-state index >= 15 is 0 Å². The van der Waals surface area contributed by atoms with Crippen LogP contribution in [-0.4, -0.2) is 24.9 Å². The van der Waals surface area contributed by atoms with E-state index in [-0.39, 0.29) is 5.03 Å². The summed E-state index contributed by atoms with van der Waals surface area (Å²) in [5.41, 5.74) is 0. The van der Waals surface area contributed by atoms with Crippen molar-refractivity contribution >= 4 is 10.0 Å². The van der Waals surface area contributed by atoms with Gasteiger partial charge in [0, 0.05) is 6.54 Å². The smallest absolute Gasteiger partial charge is 0.257 e. The number of fused-ring (bicyclic) bond motifs is 2. The third-order valence-electron chi connectivity index (χ3n) is 4.18. The lowest BCUT2D eigenvalue weighted by molar-refractivity contribution is 0.332. The molecule has 0 radical (unpaired) electrons. The van der Waals surface area contributed by atoms with Gasteiger partial charge in [0.2, 0.25) is 0 Å². The van der Waals surface area contributed by atoms with Crippen molar-refractivity contribution in [2.75, 3.05) is 6.54 Å². The predicted octanol–water partition coefficient (Wildman–Crippen LogP) is 1.12. The Morgan fingerprint density at radius 1 is 1.41 bits per heavy atom. The molecule has 2 fully saturated rings. The van der Waals surface area contributed by atoms with Crippen LogP contribution in [0.5, 0.6) is 0 Å². The van der Waals surface area contributed by atoms with Gasteiger partial charge in [-0.05, 0) is 37.0 Å². The summed E-state index contributed by atoms with van der Waals surface area (Å²) in [5.74, 6) is 2.12. The third-order valence-corrected chi connectivity index (χ3v) is 5.53. The molecule has 0 aromatic carbocycles. The Kier molecular flexibility index (Phi) is 2.71. The van der Waals surface area contributed by atoms with Crippen molar-refractivity contribution in [3.63, 3.8) is 0 Å². The van der Waals surface area contributed by atoms with Gasteiger partial charge in [0.05, 0.1) is 12.5 Å². The van der Waals surface area contributed by atoms with Crippen LogP contribution in [0.1, 0.15) is 25.7 Å². The molecule has 0 spiro atoms. The zero-order valence-corrected chi connectivity index (χ0v) is 10.4. The highest BCUT2D eigenvalue weighted by molar-refractivity contribution is 7.89. The minimum Gasteiger partial charge on any atom is -0.335 e. The summed E-state index contributed by atoms with van der Waals surface area (Å²) in [5, 5.41) is 0.153. The van der Waals surface area contributed by atoms with Crippen LogP contribution in [0.3, 0.4) is 0 Å². The summed E-state index contributed by atoms with van der Waals surface area (Å²) in [6.45, 7) is 0.572. The van der Waals surface area contributed by atoms with Crippen molar-refractivity contribution in [3.05, 3.63) is 12.5 Å². The van der Waals surface area contributed by atoms with Gasteiger partial charge in [-0.3, -0.25) is 0 Å². The second kappa shape index (κ2) is 4.10. The van der Waals surface area contributed by atoms with E-state index in [2.05, 4.69) is 14.7 Å². The molecule has 6 heteroatoms. The van der Waals surface area contributed by atoms with Gasteiger partial charge in [-0.1, -0.05) is 6.42 Å². The zero-order chi connectivity index (χ0) is 11.9. The van der Waals surface area contributed by atoms with Gasteiger partial charge in [0.15, 0.2) is 5.03 Å². The summed E-state index contributed by atoms with van der Waals surface area (Å²) in [6.07, 6.45) is 7.83. The molecule has 2 aliphatic carbocycles. The van der Waals surface area contributed by atoms with Crippen LogP contribution in [0, 0.1) is 17.8 Å². The Bertz CT molecular complexity index is 483. The number of hydrogen-bond donors (Lipinski definition) is 2. The number of aromatic nitrogens is 2. The summed E-state index contributed by atoms with van der Waals surface area (Å²) >= 11 is 0. The molecule has 3 unspecified atom stereocenters. The number of sulfonamides is 1. The van der Waals surface area contributed by atoms with Gasteiger partial charge in [-0.2, -0.15) is 0 Å². The topological polar surface area (TPSA) is 74.8 Å². The van der Waals surface area contributed by atoms with Crippen molar-refractivity contribution in [1.82, 2.24) is 14.7 Å². The first-order valence-electron chi connectivity index (χ1n) is 6.13. The maximum Gasteiger partial charge on any atom is 0.257 e. The first-order chi connectivity index (χ1) is 8.15. The lowest BCUT2D eigenvalue weighted by Crippen LogP contribution is -2.31. The van der Waals surface area contributed by atoms with E-state index in [1.165, 1.54) is 38.2 Å². The number of imidazole rings is 1. The second-order valence-corrected chi connectivity index (χ2v) is 6.94. The second-order valence-electron chi connectivity index (χ2n) is 5.20. The summed E-state index contributed by atoms with van der Waals surface area (Å²) in [7, 11) is -3.39. The molecule has 3 rings (SSSR count). The highest BCUT2D eigenvalue weighted by atomic mass is 32.2. The van der Waals surface area contributed by atoms with Crippen LogP contribution in [0.15, 0.2) is 17.6 Å². The minimum absolute atomic E-state index is 0.153. The van der Waals surface area contributed by atoms with E-state index in [0.717, 1.165) is 11.8 Å². The van der Waals surface area contributed by atoms with Crippen LogP contribution in [0.25, 0.3) is 0 Å². The Labute approximate surface area is 101 Å². The summed E-state index contributed by atoms with van der Waals surface area (Å²) < 4.78 is 26.4. The van der Waals surface area contributed by atoms with Gasteiger partial charge in [-0.25, -0.2) is 18.1 Å². The lowest BCUT2D eigenvalue weighted by atomic mass is 9.89. The highest BCUT2D eigenvalue weighted by Crippen LogP contribution is 2.47.